The molecule has 48 heavy (non-hydrogen) atoms. The topological polar surface area (TPSA) is 210 Å². The van der Waals surface area contributed by atoms with Gasteiger partial charge in [-0.2, -0.15) is 4.31 Å². The molecule has 1 unspecified atom stereocenters. The molecule has 0 saturated carbocycles. The molecule has 0 bridgehead atoms. The minimum absolute atomic E-state index is 0.0593. The summed E-state index contributed by atoms with van der Waals surface area (Å²) in [6, 6.07) is 12.1. The summed E-state index contributed by atoms with van der Waals surface area (Å²) in [5, 5.41) is 25.3. The minimum atomic E-state index is -4.18. The van der Waals surface area contributed by atoms with E-state index in [1.165, 1.54) is 31.2 Å². The molecule has 2 heterocycles. The molecule has 17 heteroatoms. The SMILES string of the molecule is CC(C)CN(C[C@@H](O)[C@H](Cc1ccccc1)NC(=O)O[C@H]1CO[C@H]2OCC[C@H]21)S(=O)(=O)c1ccc(OCP(=O)(O)N[C@@H](C)C(=O)O)cc1. The number of carboxylic acid groups (broad SMARTS) is 1. The van der Waals surface area contributed by atoms with Crippen LogP contribution in [0.3, 0.4) is 0 Å². The Bertz CT molecular complexity index is 1530. The van der Waals surface area contributed by atoms with E-state index in [-0.39, 0.29) is 48.6 Å². The number of ether oxygens (including phenoxy) is 4. The van der Waals surface area contributed by atoms with Gasteiger partial charge in [0.15, 0.2) is 12.6 Å². The number of aliphatic hydroxyl groups is 1. The largest absolute Gasteiger partial charge is 0.482 e. The predicted molar refractivity (Wildman–Crippen MR) is 173 cm³/mol. The number of fused-ring (bicyclic) bond motifs is 1. The highest BCUT2D eigenvalue weighted by Crippen LogP contribution is 2.36. The number of benzene rings is 2. The molecule has 266 valence electrons. The molecule has 0 aliphatic carbocycles. The van der Waals surface area contributed by atoms with Crippen molar-refractivity contribution in [2.75, 3.05) is 32.7 Å². The van der Waals surface area contributed by atoms with Crippen molar-refractivity contribution in [3.63, 3.8) is 0 Å². The number of carbonyl (C=O) groups is 2. The van der Waals surface area contributed by atoms with Crippen LogP contribution in [0.1, 0.15) is 32.8 Å². The second-order valence-corrected chi connectivity index (χ2v) is 16.2. The summed E-state index contributed by atoms with van der Waals surface area (Å²) in [6.07, 6.45) is -2.87. The van der Waals surface area contributed by atoms with Gasteiger partial charge in [-0.3, -0.25) is 9.36 Å². The Balaban J connectivity index is 1.46. The number of carboxylic acids is 1. The van der Waals surface area contributed by atoms with E-state index in [9.17, 15) is 32.6 Å². The van der Waals surface area contributed by atoms with E-state index in [0.29, 0.717) is 13.0 Å². The maximum atomic E-state index is 13.8. The number of nitrogens with one attached hydrogen (secondary N) is 2. The number of aliphatic hydroxyl groups excluding tert-OH is 1. The molecule has 2 aromatic rings. The Morgan fingerprint density at radius 2 is 1.75 bits per heavy atom. The van der Waals surface area contributed by atoms with Crippen LogP contribution in [0.15, 0.2) is 59.5 Å². The van der Waals surface area contributed by atoms with Crippen molar-refractivity contribution in [3.8, 4) is 5.75 Å². The summed E-state index contributed by atoms with van der Waals surface area (Å²) in [7, 11) is -8.36. The second-order valence-electron chi connectivity index (χ2n) is 12.3. The molecule has 2 fully saturated rings. The molecule has 2 aliphatic rings. The number of alkyl carbamates (subject to hydrolysis) is 1. The lowest BCUT2D eigenvalue weighted by atomic mass is 10.0. The summed E-state index contributed by atoms with van der Waals surface area (Å²) >= 11 is 0. The van der Waals surface area contributed by atoms with E-state index in [1.54, 1.807) is 0 Å². The van der Waals surface area contributed by atoms with E-state index in [2.05, 4.69) is 10.4 Å². The molecule has 4 rings (SSSR count). The van der Waals surface area contributed by atoms with Crippen LogP contribution >= 0.6 is 7.52 Å². The van der Waals surface area contributed by atoms with Crippen molar-refractivity contribution < 1.29 is 56.6 Å². The third-order valence-electron chi connectivity index (χ3n) is 7.90. The Hall–Kier alpha value is -3.08. The number of hydrogen-bond acceptors (Lipinski definition) is 10. The maximum Gasteiger partial charge on any atom is 0.407 e. The molecule has 5 N–H and O–H groups in total. The average molecular weight is 714 g/mol. The van der Waals surface area contributed by atoms with Gasteiger partial charge in [0.1, 0.15) is 17.9 Å². The lowest BCUT2D eigenvalue weighted by Gasteiger charge is -2.31. The Morgan fingerprint density at radius 1 is 1.06 bits per heavy atom. The Kier molecular flexibility index (Phi) is 13.0. The van der Waals surface area contributed by atoms with Crippen LogP contribution in [0.5, 0.6) is 5.75 Å². The van der Waals surface area contributed by atoms with Gasteiger partial charge in [-0.1, -0.05) is 44.2 Å². The zero-order valence-electron chi connectivity index (χ0n) is 27.0. The van der Waals surface area contributed by atoms with Crippen molar-refractivity contribution in [1.82, 2.24) is 14.7 Å². The highest BCUT2D eigenvalue weighted by Gasteiger charge is 2.44. The normalized spacial score (nSPS) is 22.4. The third kappa shape index (κ3) is 10.5. The molecule has 0 aromatic heterocycles. The molecule has 2 saturated heterocycles. The van der Waals surface area contributed by atoms with Crippen molar-refractivity contribution in [2.45, 2.75) is 69.1 Å². The van der Waals surface area contributed by atoms with Gasteiger partial charge in [-0.25, -0.2) is 18.3 Å². The number of nitrogens with zero attached hydrogens (tertiary/aromatic N) is 1. The predicted octanol–water partition coefficient (Wildman–Crippen LogP) is 2.38. The molecule has 7 atom stereocenters. The summed E-state index contributed by atoms with van der Waals surface area (Å²) < 4.78 is 63.1. The first-order valence-corrected chi connectivity index (χ1v) is 18.9. The molecule has 2 aliphatic heterocycles. The van der Waals surface area contributed by atoms with Crippen molar-refractivity contribution in [3.05, 3.63) is 60.2 Å². The lowest BCUT2D eigenvalue weighted by molar-refractivity contribution is -0.138. The lowest BCUT2D eigenvalue weighted by Crippen LogP contribution is -2.51. The average Bonchev–Trinajstić information content (AvgIpc) is 3.65. The van der Waals surface area contributed by atoms with Crippen molar-refractivity contribution in [1.29, 1.82) is 0 Å². The first kappa shape index (κ1) is 37.7. The zero-order chi connectivity index (χ0) is 35.1. The molecular weight excluding hydrogens is 669 g/mol. The highest BCUT2D eigenvalue weighted by molar-refractivity contribution is 7.89. The van der Waals surface area contributed by atoms with Crippen LogP contribution in [0.4, 0.5) is 4.79 Å². The monoisotopic (exact) mass is 713 g/mol. The summed E-state index contributed by atoms with van der Waals surface area (Å²) in [5.74, 6) is -1.43. The van der Waals surface area contributed by atoms with Crippen LogP contribution in [-0.4, -0.2) is 103 Å². The van der Waals surface area contributed by atoms with Gasteiger partial charge in [0.25, 0.3) is 0 Å². The van der Waals surface area contributed by atoms with Gasteiger partial charge in [0, 0.05) is 13.1 Å². The molecular formula is C31H44N3O12PS. The standard InChI is InChI=1S/C31H44N3O12PS/c1-20(2)16-34(48(41,42)24-11-9-23(10-12-24)45-19-47(39,40)33-21(3)29(36)37)17-27(35)26(15-22-7-5-4-6-8-22)32-31(38)46-28-18-44-30-25(28)13-14-43-30/h4-12,20-21,25-28,30,35H,13-19H2,1-3H3,(H,32,38)(H,36,37)(H2,33,39,40)/t21-,25-,26-,27+,28-,30+/m0/s1. The number of amides is 1. The van der Waals surface area contributed by atoms with Crippen LogP contribution in [-0.2, 0) is 40.0 Å². The van der Waals surface area contributed by atoms with Crippen molar-refractivity contribution >= 4 is 29.6 Å². The molecule has 15 nitrogen and oxygen atoms in total. The summed E-state index contributed by atoms with van der Waals surface area (Å²) in [6.45, 7) is 5.30. The van der Waals surface area contributed by atoms with Crippen LogP contribution < -0.4 is 15.1 Å². The van der Waals surface area contributed by atoms with E-state index < -0.39 is 66.5 Å². The van der Waals surface area contributed by atoms with Gasteiger partial charge >= 0.3 is 19.6 Å². The van der Waals surface area contributed by atoms with Crippen LogP contribution in [0.2, 0.25) is 0 Å². The molecule has 1 amide bonds. The molecule has 2 aromatic carbocycles. The quantitative estimate of drug-likeness (QED) is 0.149. The second kappa shape index (κ2) is 16.5. The summed E-state index contributed by atoms with van der Waals surface area (Å²) in [5.41, 5.74) is 0.809. The third-order valence-corrected chi connectivity index (χ3v) is 11.0. The number of aliphatic carboxylic acids is 1. The van der Waals surface area contributed by atoms with Crippen LogP contribution in [0, 0.1) is 11.8 Å². The summed E-state index contributed by atoms with van der Waals surface area (Å²) in [4.78, 5) is 33.9. The fourth-order valence-corrected chi connectivity index (χ4v) is 8.19. The van der Waals surface area contributed by atoms with Crippen molar-refractivity contribution in [2.24, 2.45) is 11.8 Å². The highest BCUT2D eigenvalue weighted by atomic mass is 32.2. The number of sulfonamides is 1. The van der Waals surface area contributed by atoms with E-state index in [1.807, 2.05) is 44.2 Å². The van der Waals surface area contributed by atoms with E-state index in [0.717, 1.165) is 9.87 Å². The van der Waals surface area contributed by atoms with Crippen LogP contribution in [0.25, 0.3) is 0 Å². The van der Waals surface area contributed by atoms with Gasteiger partial charge < -0.3 is 39.4 Å². The molecule has 0 radical (unpaired) electrons. The van der Waals surface area contributed by atoms with E-state index in [4.69, 9.17) is 24.1 Å². The number of hydrogen-bond donors (Lipinski definition) is 5. The maximum absolute atomic E-state index is 13.8. The van der Waals surface area contributed by atoms with Gasteiger partial charge in [0.2, 0.25) is 10.0 Å². The minimum Gasteiger partial charge on any atom is -0.482 e. The zero-order valence-corrected chi connectivity index (χ0v) is 28.7. The fraction of sp³-hybridized carbons (Fsp3) is 0.548. The number of rotatable bonds is 17. The van der Waals surface area contributed by atoms with Gasteiger partial charge in [-0.05, 0) is 55.5 Å². The van der Waals surface area contributed by atoms with Gasteiger partial charge in [0.05, 0.1) is 36.2 Å². The molecule has 0 spiro atoms. The van der Waals surface area contributed by atoms with Gasteiger partial charge in [-0.15, -0.1) is 0 Å². The first-order valence-electron chi connectivity index (χ1n) is 15.6. The first-order chi connectivity index (χ1) is 22.6. The Morgan fingerprint density at radius 3 is 2.40 bits per heavy atom. The smallest absolute Gasteiger partial charge is 0.407 e. The number of carbonyl (C=O) groups excluding carboxylic acids is 1. The van der Waals surface area contributed by atoms with E-state index >= 15 is 0 Å². The Labute approximate surface area is 280 Å². The fourth-order valence-electron chi connectivity index (χ4n) is 5.45.